The smallest absolute Gasteiger partial charge is 0.150 e. The monoisotopic (exact) mass is 267 g/mol. The van der Waals surface area contributed by atoms with E-state index in [0.717, 1.165) is 31.4 Å². The Hall–Kier alpha value is -1.45. The van der Waals surface area contributed by atoms with Crippen LogP contribution in [-0.2, 0) is 0 Å². The van der Waals surface area contributed by atoms with Gasteiger partial charge in [0.25, 0.3) is 0 Å². The normalized spacial score (nSPS) is 23.2. The minimum atomic E-state index is -0.664. The van der Waals surface area contributed by atoms with Crippen molar-refractivity contribution in [2.75, 3.05) is 11.9 Å². The van der Waals surface area contributed by atoms with Crippen LogP contribution < -0.4 is 4.90 Å². The van der Waals surface area contributed by atoms with Crippen molar-refractivity contribution in [3.63, 3.8) is 0 Å². The topological polar surface area (TPSA) is 20.3 Å². The zero-order chi connectivity index (χ0) is 14.0. The molecular weight excluding hydrogens is 248 g/mol. The lowest BCUT2D eigenvalue weighted by Crippen LogP contribution is -2.36. The Kier molecular flexibility index (Phi) is 4.17. The average molecular weight is 267 g/mol. The highest BCUT2D eigenvalue weighted by Gasteiger charge is 2.26. The SMILES string of the molecule is CC1CCCC(N(C)c2c(F)cc(C=O)cc2F)C1. The zero-order valence-corrected chi connectivity index (χ0v) is 11.3. The predicted molar refractivity (Wildman–Crippen MR) is 71.6 cm³/mol. The number of halogens is 2. The standard InChI is InChI=1S/C15H19F2NO/c1-10-4-3-5-12(6-10)18(2)15-13(16)7-11(9-19)8-14(15)17/h7-10,12H,3-6H2,1-2H3. The van der Waals surface area contributed by atoms with Crippen molar-refractivity contribution >= 4 is 12.0 Å². The molecule has 0 amide bonds. The van der Waals surface area contributed by atoms with E-state index in [-0.39, 0.29) is 17.3 Å². The molecule has 2 rings (SSSR count). The van der Waals surface area contributed by atoms with Crippen molar-refractivity contribution < 1.29 is 13.6 Å². The van der Waals surface area contributed by atoms with Gasteiger partial charge in [0.2, 0.25) is 0 Å². The van der Waals surface area contributed by atoms with Crippen LogP contribution in [0.25, 0.3) is 0 Å². The van der Waals surface area contributed by atoms with Crippen molar-refractivity contribution in [2.24, 2.45) is 5.92 Å². The lowest BCUT2D eigenvalue weighted by Gasteiger charge is -2.35. The van der Waals surface area contributed by atoms with Gasteiger partial charge in [0.1, 0.15) is 23.6 Å². The molecule has 0 radical (unpaired) electrons. The zero-order valence-electron chi connectivity index (χ0n) is 11.3. The first kappa shape index (κ1) is 14.0. The lowest BCUT2D eigenvalue weighted by atomic mass is 9.86. The molecule has 0 N–H and O–H groups in total. The molecular formula is C15H19F2NO. The Balaban J connectivity index is 2.27. The second-order valence-corrected chi connectivity index (χ2v) is 5.49. The summed E-state index contributed by atoms with van der Waals surface area (Å²) in [5.74, 6) is -0.743. The van der Waals surface area contributed by atoms with Gasteiger partial charge in [-0.25, -0.2) is 8.78 Å². The van der Waals surface area contributed by atoms with Crippen molar-refractivity contribution in [1.82, 2.24) is 0 Å². The molecule has 0 bridgehead atoms. The Labute approximate surface area is 112 Å². The van der Waals surface area contributed by atoms with E-state index in [0.29, 0.717) is 12.2 Å². The number of hydrogen-bond acceptors (Lipinski definition) is 2. The minimum absolute atomic E-state index is 0.0234. The highest BCUT2D eigenvalue weighted by molar-refractivity contribution is 5.76. The summed E-state index contributed by atoms with van der Waals surface area (Å²) in [5, 5.41) is 0. The van der Waals surface area contributed by atoms with Crippen molar-refractivity contribution in [2.45, 2.75) is 38.6 Å². The quantitative estimate of drug-likeness (QED) is 0.776. The van der Waals surface area contributed by atoms with E-state index in [1.54, 1.807) is 11.9 Å². The molecule has 0 spiro atoms. The fourth-order valence-corrected chi connectivity index (χ4v) is 2.93. The maximum atomic E-state index is 14.0. The van der Waals surface area contributed by atoms with Gasteiger partial charge in [-0.05, 0) is 30.9 Å². The van der Waals surface area contributed by atoms with Crippen LogP contribution in [0.15, 0.2) is 12.1 Å². The van der Waals surface area contributed by atoms with E-state index in [1.807, 2.05) is 0 Å². The molecule has 2 nitrogen and oxygen atoms in total. The summed E-state index contributed by atoms with van der Waals surface area (Å²) in [6.45, 7) is 2.17. The van der Waals surface area contributed by atoms with Gasteiger partial charge < -0.3 is 4.90 Å². The molecule has 19 heavy (non-hydrogen) atoms. The van der Waals surface area contributed by atoms with Crippen LogP contribution in [0, 0.1) is 17.6 Å². The van der Waals surface area contributed by atoms with Gasteiger partial charge in [0.05, 0.1) is 0 Å². The van der Waals surface area contributed by atoms with Crippen LogP contribution >= 0.6 is 0 Å². The molecule has 1 aromatic carbocycles. The number of carbonyl (C=O) groups is 1. The fraction of sp³-hybridized carbons (Fsp3) is 0.533. The Morgan fingerprint density at radius 1 is 1.26 bits per heavy atom. The summed E-state index contributed by atoms with van der Waals surface area (Å²) >= 11 is 0. The third-order valence-electron chi connectivity index (χ3n) is 3.98. The average Bonchev–Trinajstić information content (AvgIpc) is 2.37. The summed E-state index contributed by atoms with van der Waals surface area (Å²) in [6.07, 6.45) is 4.63. The molecule has 1 saturated carbocycles. The van der Waals surface area contributed by atoms with Crippen molar-refractivity contribution in [3.8, 4) is 0 Å². The summed E-state index contributed by atoms with van der Waals surface area (Å²) in [4.78, 5) is 12.3. The third kappa shape index (κ3) is 2.94. The number of aldehydes is 1. The van der Waals surface area contributed by atoms with Crippen LogP contribution in [0.2, 0.25) is 0 Å². The van der Waals surface area contributed by atoms with Crippen molar-refractivity contribution in [1.29, 1.82) is 0 Å². The van der Waals surface area contributed by atoms with Gasteiger partial charge in [-0.2, -0.15) is 0 Å². The predicted octanol–water partition coefficient (Wildman–Crippen LogP) is 3.79. The number of benzene rings is 1. The third-order valence-corrected chi connectivity index (χ3v) is 3.98. The van der Waals surface area contributed by atoms with Crippen LogP contribution in [0.1, 0.15) is 43.0 Å². The van der Waals surface area contributed by atoms with Crippen LogP contribution in [0.4, 0.5) is 14.5 Å². The van der Waals surface area contributed by atoms with Crippen molar-refractivity contribution in [3.05, 3.63) is 29.3 Å². The molecule has 1 aliphatic carbocycles. The molecule has 0 aromatic heterocycles. The summed E-state index contributed by atoms with van der Waals surface area (Å²) < 4.78 is 27.9. The lowest BCUT2D eigenvalue weighted by molar-refractivity contribution is 0.112. The Morgan fingerprint density at radius 2 is 1.89 bits per heavy atom. The van der Waals surface area contributed by atoms with E-state index < -0.39 is 11.6 Å². The van der Waals surface area contributed by atoms with Gasteiger partial charge >= 0.3 is 0 Å². The molecule has 1 aromatic rings. The molecule has 0 saturated heterocycles. The molecule has 4 heteroatoms. The van der Waals surface area contributed by atoms with Crippen LogP contribution in [0.5, 0.6) is 0 Å². The van der Waals surface area contributed by atoms with Crippen LogP contribution in [-0.4, -0.2) is 19.4 Å². The van der Waals surface area contributed by atoms with Gasteiger partial charge in [0.15, 0.2) is 0 Å². The van der Waals surface area contributed by atoms with E-state index in [4.69, 9.17) is 0 Å². The fourth-order valence-electron chi connectivity index (χ4n) is 2.93. The second-order valence-electron chi connectivity index (χ2n) is 5.49. The van der Waals surface area contributed by atoms with Gasteiger partial charge in [-0.3, -0.25) is 4.79 Å². The van der Waals surface area contributed by atoms with Crippen LogP contribution in [0.3, 0.4) is 0 Å². The summed E-state index contributed by atoms with van der Waals surface area (Å²) in [5.41, 5.74) is 0.00821. The van der Waals surface area contributed by atoms with Gasteiger partial charge in [-0.15, -0.1) is 0 Å². The molecule has 0 aliphatic heterocycles. The molecule has 1 aliphatic rings. The molecule has 2 atom stereocenters. The van der Waals surface area contributed by atoms with Gasteiger partial charge in [-0.1, -0.05) is 19.8 Å². The first-order valence-corrected chi connectivity index (χ1v) is 6.70. The summed E-state index contributed by atoms with van der Waals surface area (Å²) in [7, 11) is 1.73. The number of nitrogens with zero attached hydrogens (tertiary/aromatic N) is 1. The Morgan fingerprint density at radius 3 is 2.42 bits per heavy atom. The number of hydrogen-bond donors (Lipinski definition) is 0. The van der Waals surface area contributed by atoms with E-state index in [9.17, 15) is 13.6 Å². The van der Waals surface area contributed by atoms with E-state index >= 15 is 0 Å². The number of carbonyl (C=O) groups excluding carboxylic acids is 1. The minimum Gasteiger partial charge on any atom is -0.367 e. The van der Waals surface area contributed by atoms with E-state index in [1.165, 1.54) is 6.42 Å². The highest BCUT2D eigenvalue weighted by atomic mass is 19.1. The van der Waals surface area contributed by atoms with Gasteiger partial charge in [0, 0.05) is 18.7 Å². The second kappa shape index (κ2) is 5.68. The largest absolute Gasteiger partial charge is 0.367 e. The highest BCUT2D eigenvalue weighted by Crippen LogP contribution is 2.32. The molecule has 0 heterocycles. The maximum absolute atomic E-state index is 14.0. The Bertz CT molecular complexity index is 452. The van der Waals surface area contributed by atoms with E-state index in [2.05, 4.69) is 6.92 Å². The molecule has 1 fully saturated rings. The molecule has 104 valence electrons. The first-order valence-electron chi connectivity index (χ1n) is 6.70. The number of anilines is 1. The summed E-state index contributed by atoms with van der Waals surface area (Å²) in [6, 6.07) is 2.34. The molecule has 2 unspecified atom stereocenters. The first-order chi connectivity index (χ1) is 9.02. The maximum Gasteiger partial charge on any atom is 0.150 e. The number of rotatable bonds is 3.